The van der Waals surface area contributed by atoms with E-state index < -0.39 is 0 Å². The molecule has 1 nitrogen and oxygen atoms in total. The molecule has 0 N–H and O–H groups in total. The molecule has 3 aromatic carbocycles. The second-order valence-corrected chi connectivity index (χ2v) is 12.2. The number of nitrogens with zero attached hydrogens (tertiary/aromatic N) is 1. The summed E-state index contributed by atoms with van der Waals surface area (Å²) in [5.74, 6) is 0.422. The van der Waals surface area contributed by atoms with E-state index in [0.29, 0.717) is 5.92 Å². The first-order chi connectivity index (χ1) is 22.5. The number of aromatic nitrogens is 1. The van der Waals surface area contributed by atoms with Crippen LogP contribution in [0.3, 0.4) is 0 Å². The van der Waals surface area contributed by atoms with E-state index in [-0.39, 0.29) is 0 Å². The van der Waals surface area contributed by atoms with Crippen LogP contribution in [0.4, 0.5) is 0 Å². The Morgan fingerprint density at radius 3 is 2.48 bits per heavy atom. The fourth-order valence-corrected chi connectivity index (χ4v) is 6.55. The Balaban J connectivity index is 1.71. The molecule has 1 heterocycles. The molecule has 4 aromatic rings. The van der Waals surface area contributed by atoms with E-state index in [9.17, 15) is 0 Å². The highest BCUT2D eigenvalue weighted by atomic mass is 14.7. The molecule has 1 aromatic heterocycles. The number of pyridine rings is 1. The van der Waals surface area contributed by atoms with Gasteiger partial charge in [0.15, 0.2) is 0 Å². The number of hydrogen-bond donors (Lipinski definition) is 0. The zero-order valence-corrected chi connectivity index (χ0v) is 27.8. The summed E-state index contributed by atoms with van der Waals surface area (Å²) in [7, 11) is 0. The van der Waals surface area contributed by atoms with E-state index in [0.717, 1.165) is 49.8 Å². The maximum absolute atomic E-state index is 4.70. The molecular weight excluding hydrogens is 555 g/mol. The number of hydrogen-bond acceptors (Lipinski definition) is 1. The van der Waals surface area contributed by atoms with E-state index in [1.165, 1.54) is 55.3 Å². The predicted molar refractivity (Wildman–Crippen MR) is 202 cm³/mol. The minimum absolute atomic E-state index is 0.422. The van der Waals surface area contributed by atoms with Crippen LogP contribution in [-0.4, -0.2) is 4.98 Å². The monoisotopic (exact) mass is 601 g/mol. The van der Waals surface area contributed by atoms with Gasteiger partial charge in [0.05, 0.1) is 5.69 Å². The van der Waals surface area contributed by atoms with Crippen LogP contribution in [0.25, 0.3) is 38.7 Å². The molecule has 1 aliphatic carbocycles. The normalized spacial score (nSPS) is 15.8. The van der Waals surface area contributed by atoms with Gasteiger partial charge in [0.2, 0.25) is 0 Å². The molecule has 1 unspecified atom stereocenters. The molecule has 0 radical (unpaired) electrons. The van der Waals surface area contributed by atoms with Crippen molar-refractivity contribution < 1.29 is 0 Å². The number of unbranched alkanes of at least 4 members (excludes halogenated alkanes) is 1. The van der Waals surface area contributed by atoms with Crippen LogP contribution in [0.2, 0.25) is 0 Å². The highest BCUT2D eigenvalue weighted by Crippen LogP contribution is 2.42. The molecule has 0 saturated carbocycles. The highest BCUT2D eigenvalue weighted by Gasteiger charge is 2.21. The first-order valence-corrected chi connectivity index (χ1v) is 16.8. The summed E-state index contributed by atoms with van der Waals surface area (Å²) in [6, 6.07) is 28.2. The summed E-state index contributed by atoms with van der Waals surface area (Å²) in [6.45, 7) is 15.3. The maximum atomic E-state index is 4.70. The minimum Gasteiger partial charge on any atom is -0.256 e. The van der Waals surface area contributed by atoms with E-state index in [4.69, 9.17) is 4.98 Å². The van der Waals surface area contributed by atoms with Crippen molar-refractivity contribution in [3.8, 4) is 22.4 Å². The molecule has 232 valence electrons. The van der Waals surface area contributed by atoms with Crippen LogP contribution < -0.4 is 0 Å². The first kappa shape index (κ1) is 32.6. The van der Waals surface area contributed by atoms with Crippen LogP contribution in [0.5, 0.6) is 0 Å². The summed E-state index contributed by atoms with van der Waals surface area (Å²) in [5, 5.41) is 2.48. The quantitative estimate of drug-likeness (QED) is 0.116. The van der Waals surface area contributed by atoms with Gasteiger partial charge in [-0.2, -0.15) is 0 Å². The smallest absolute Gasteiger partial charge is 0.0708 e. The molecule has 0 aliphatic heterocycles. The van der Waals surface area contributed by atoms with Gasteiger partial charge in [-0.1, -0.05) is 135 Å². The number of allylic oxidation sites excluding steroid dienone is 12. The van der Waals surface area contributed by atoms with Gasteiger partial charge in [0.1, 0.15) is 0 Å². The Morgan fingerprint density at radius 1 is 0.957 bits per heavy atom. The summed E-state index contributed by atoms with van der Waals surface area (Å²) >= 11 is 0. The molecule has 0 saturated heterocycles. The van der Waals surface area contributed by atoms with Crippen molar-refractivity contribution in [2.45, 2.75) is 59.3 Å². The lowest BCUT2D eigenvalue weighted by atomic mass is 9.80. The van der Waals surface area contributed by atoms with Crippen LogP contribution in [0.1, 0.15) is 64.9 Å². The Bertz CT molecular complexity index is 1840. The van der Waals surface area contributed by atoms with Crippen molar-refractivity contribution in [2.75, 3.05) is 0 Å². The van der Waals surface area contributed by atoms with E-state index in [1.54, 1.807) is 0 Å². The van der Waals surface area contributed by atoms with Gasteiger partial charge in [0, 0.05) is 11.8 Å². The molecule has 0 amide bonds. The van der Waals surface area contributed by atoms with E-state index in [1.807, 2.05) is 12.3 Å². The van der Waals surface area contributed by atoms with Gasteiger partial charge in [-0.3, -0.25) is 4.98 Å². The Morgan fingerprint density at radius 2 is 1.74 bits per heavy atom. The summed E-state index contributed by atoms with van der Waals surface area (Å²) in [6.07, 6.45) is 24.1. The molecule has 0 bridgehead atoms. The molecular formula is C45H47N. The van der Waals surface area contributed by atoms with Gasteiger partial charge in [-0.25, -0.2) is 0 Å². The van der Waals surface area contributed by atoms with Gasteiger partial charge in [0.25, 0.3) is 0 Å². The molecule has 5 rings (SSSR count). The summed E-state index contributed by atoms with van der Waals surface area (Å²) in [4.78, 5) is 4.70. The zero-order chi connectivity index (χ0) is 32.3. The van der Waals surface area contributed by atoms with Gasteiger partial charge in [-0.05, 0) is 114 Å². The molecule has 1 heteroatoms. The average Bonchev–Trinajstić information content (AvgIpc) is 3.09. The van der Waals surface area contributed by atoms with Crippen molar-refractivity contribution >= 4 is 16.3 Å². The van der Waals surface area contributed by atoms with Gasteiger partial charge in [-0.15, -0.1) is 6.58 Å². The van der Waals surface area contributed by atoms with E-state index in [2.05, 4.69) is 149 Å². The molecule has 1 aliphatic rings. The van der Waals surface area contributed by atoms with E-state index >= 15 is 0 Å². The second-order valence-electron chi connectivity index (χ2n) is 12.2. The number of rotatable bonds is 12. The fourth-order valence-electron chi connectivity index (χ4n) is 6.55. The third-order valence-corrected chi connectivity index (χ3v) is 8.85. The maximum Gasteiger partial charge on any atom is 0.0708 e. The summed E-state index contributed by atoms with van der Waals surface area (Å²) in [5.41, 5.74) is 12.1. The lowest BCUT2D eigenvalue weighted by Gasteiger charge is -2.24. The van der Waals surface area contributed by atoms with Crippen molar-refractivity contribution in [3.05, 3.63) is 169 Å². The lowest BCUT2D eigenvalue weighted by Crippen LogP contribution is -2.04. The molecule has 1 atom stereocenters. The Labute approximate surface area is 276 Å². The topological polar surface area (TPSA) is 12.9 Å². The standard InChI is InChI=1S/C45H47N/c1-6-9-11-21-35(18-7-2)31-34(5)38(19-8-3)45(39-24-15-14-20-33(39)4)43-28-27-40(41-25-16-17-26-42(41)43)37-29-30-46-44(32-37)36-22-12-10-13-23-36/h7-8,10-13,15-17,19,21-30,32,35H,2,4,6,9,14,18,20,31H2,1,3,5H3/b19-8-,21-11-,38-34-,45-39+. The average molecular weight is 602 g/mol. The van der Waals surface area contributed by atoms with Crippen molar-refractivity contribution in [1.82, 2.24) is 4.98 Å². The van der Waals surface area contributed by atoms with Gasteiger partial charge >= 0.3 is 0 Å². The molecule has 0 fully saturated rings. The molecule has 0 spiro atoms. The van der Waals surface area contributed by atoms with Gasteiger partial charge < -0.3 is 0 Å². The Hall–Kier alpha value is -4.75. The van der Waals surface area contributed by atoms with Crippen molar-refractivity contribution in [1.29, 1.82) is 0 Å². The third kappa shape index (κ3) is 7.54. The van der Waals surface area contributed by atoms with Crippen LogP contribution in [0.15, 0.2) is 163 Å². The largest absolute Gasteiger partial charge is 0.256 e. The fraction of sp³-hybridized carbons (Fsp3) is 0.222. The SMILES string of the molecule is C=CCC(/C=C\CCC)C/C(C)=C(/C=C\C)C(=C1\C=CCCC1=C)\c1ccc(-c2ccnc(-c3ccccc3)c2)c2ccccc12. The number of benzene rings is 3. The Kier molecular flexibility index (Phi) is 11.4. The zero-order valence-electron chi connectivity index (χ0n) is 27.8. The second kappa shape index (κ2) is 16.0. The van der Waals surface area contributed by atoms with Crippen molar-refractivity contribution in [2.24, 2.45) is 5.92 Å². The minimum atomic E-state index is 0.422. The summed E-state index contributed by atoms with van der Waals surface area (Å²) < 4.78 is 0. The highest BCUT2D eigenvalue weighted by molar-refractivity contribution is 6.06. The van der Waals surface area contributed by atoms with Crippen LogP contribution in [0, 0.1) is 5.92 Å². The predicted octanol–water partition coefficient (Wildman–Crippen LogP) is 13.1. The van der Waals surface area contributed by atoms with Crippen LogP contribution in [-0.2, 0) is 0 Å². The first-order valence-electron chi connectivity index (χ1n) is 16.8. The number of fused-ring (bicyclic) bond motifs is 1. The van der Waals surface area contributed by atoms with Crippen molar-refractivity contribution in [3.63, 3.8) is 0 Å². The third-order valence-electron chi connectivity index (χ3n) is 8.85. The van der Waals surface area contributed by atoms with Crippen LogP contribution >= 0.6 is 0 Å². The lowest BCUT2D eigenvalue weighted by molar-refractivity contribution is 0.650. The molecule has 46 heavy (non-hydrogen) atoms.